The molecule has 0 aliphatic rings. The van der Waals surface area contributed by atoms with Crippen molar-refractivity contribution in [3.63, 3.8) is 0 Å². The van der Waals surface area contributed by atoms with E-state index in [1.807, 2.05) is 12.4 Å². The van der Waals surface area contributed by atoms with Gasteiger partial charge in [0, 0.05) is 18.3 Å². The molecule has 1 aromatic rings. The van der Waals surface area contributed by atoms with Crippen molar-refractivity contribution in [2.24, 2.45) is 5.92 Å². The Morgan fingerprint density at radius 1 is 1.11 bits per heavy atom. The Hall–Kier alpha value is -0.790. The molecule has 0 spiro atoms. The molecule has 1 aromatic heterocycles. The van der Waals surface area contributed by atoms with Gasteiger partial charge in [-0.3, -0.25) is 0 Å². The van der Waals surface area contributed by atoms with Gasteiger partial charge in [-0.25, -0.2) is 4.98 Å². The second-order valence-electron chi connectivity index (χ2n) is 5.98. The number of hydrogen-bond donors (Lipinski definition) is 1. The van der Waals surface area contributed by atoms with Crippen LogP contribution in [0.15, 0.2) is 12.4 Å². The number of aromatic amines is 1. The number of rotatable bonds is 11. The first-order valence-corrected chi connectivity index (χ1v) is 8.27. The van der Waals surface area contributed by atoms with Crippen LogP contribution in [-0.2, 0) is 0 Å². The van der Waals surface area contributed by atoms with Crippen LogP contribution < -0.4 is 0 Å². The summed E-state index contributed by atoms with van der Waals surface area (Å²) in [5.74, 6) is 2.61. The predicted molar refractivity (Wildman–Crippen MR) is 83.4 cm³/mol. The molecule has 0 saturated heterocycles. The lowest BCUT2D eigenvalue weighted by molar-refractivity contribution is 0.404. The van der Waals surface area contributed by atoms with E-state index in [1.165, 1.54) is 63.6 Å². The lowest BCUT2D eigenvalue weighted by atomic mass is 9.89. The maximum Gasteiger partial charge on any atom is 0.109 e. The molecule has 2 heteroatoms. The maximum atomic E-state index is 4.42. The third-order valence-electron chi connectivity index (χ3n) is 4.14. The van der Waals surface area contributed by atoms with Crippen molar-refractivity contribution >= 4 is 0 Å². The zero-order valence-corrected chi connectivity index (χ0v) is 13.1. The van der Waals surface area contributed by atoms with Gasteiger partial charge in [0.25, 0.3) is 0 Å². The van der Waals surface area contributed by atoms with Gasteiger partial charge in [0.15, 0.2) is 0 Å². The fraction of sp³-hybridized carbons (Fsp3) is 0.824. The number of hydrogen-bond acceptors (Lipinski definition) is 1. The molecule has 2 nitrogen and oxygen atoms in total. The van der Waals surface area contributed by atoms with Gasteiger partial charge in [-0.2, -0.15) is 0 Å². The molecule has 0 aliphatic heterocycles. The van der Waals surface area contributed by atoms with Gasteiger partial charge in [0.2, 0.25) is 0 Å². The number of unbranched alkanes of at least 4 members (excludes halogenated alkanes) is 5. The fourth-order valence-electron chi connectivity index (χ4n) is 2.85. The lowest BCUT2D eigenvalue weighted by Gasteiger charge is -2.18. The van der Waals surface area contributed by atoms with Crippen LogP contribution in [0.5, 0.6) is 0 Å². The Balaban J connectivity index is 2.14. The predicted octanol–water partition coefficient (Wildman–Crippen LogP) is 5.68. The summed E-state index contributed by atoms with van der Waals surface area (Å²) in [7, 11) is 0. The van der Waals surface area contributed by atoms with Crippen molar-refractivity contribution in [3.05, 3.63) is 18.2 Å². The minimum Gasteiger partial charge on any atom is -0.348 e. The van der Waals surface area contributed by atoms with Gasteiger partial charge in [0.1, 0.15) is 5.82 Å². The Kier molecular flexibility index (Phi) is 8.61. The standard InChI is InChI=1S/C17H32N2/c1-4-6-7-8-9-10-11-15(3)14-16(5-2)17-18-12-13-19-17/h12-13,15-16H,4-11,14H2,1-3H3,(H,18,19). The summed E-state index contributed by atoms with van der Waals surface area (Å²) in [6, 6.07) is 0. The van der Waals surface area contributed by atoms with Crippen molar-refractivity contribution < 1.29 is 0 Å². The van der Waals surface area contributed by atoms with E-state index in [0.29, 0.717) is 5.92 Å². The van der Waals surface area contributed by atoms with Crippen LogP contribution in [-0.4, -0.2) is 9.97 Å². The Bertz CT molecular complexity index is 292. The number of nitrogens with one attached hydrogen (secondary N) is 1. The second-order valence-corrected chi connectivity index (χ2v) is 5.98. The molecule has 2 unspecified atom stereocenters. The lowest BCUT2D eigenvalue weighted by Crippen LogP contribution is -2.06. The first-order chi connectivity index (χ1) is 9.27. The van der Waals surface area contributed by atoms with E-state index in [0.717, 1.165) is 5.92 Å². The number of H-pyrrole nitrogens is 1. The van der Waals surface area contributed by atoms with Crippen molar-refractivity contribution in [2.75, 3.05) is 0 Å². The fourth-order valence-corrected chi connectivity index (χ4v) is 2.85. The molecule has 1 N–H and O–H groups in total. The van der Waals surface area contributed by atoms with E-state index < -0.39 is 0 Å². The topological polar surface area (TPSA) is 28.7 Å². The highest BCUT2D eigenvalue weighted by molar-refractivity contribution is 4.96. The molecule has 0 bridgehead atoms. The van der Waals surface area contributed by atoms with Gasteiger partial charge in [-0.05, 0) is 18.8 Å². The normalized spacial score (nSPS) is 14.5. The molecule has 1 heterocycles. The van der Waals surface area contributed by atoms with E-state index >= 15 is 0 Å². The van der Waals surface area contributed by atoms with E-state index in [1.54, 1.807) is 0 Å². The molecule has 110 valence electrons. The van der Waals surface area contributed by atoms with Crippen LogP contribution in [0.1, 0.15) is 90.3 Å². The summed E-state index contributed by atoms with van der Waals surface area (Å²) in [5.41, 5.74) is 0. The Morgan fingerprint density at radius 3 is 2.47 bits per heavy atom. The highest BCUT2D eigenvalue weighted by Gasteiger charge is 2.15. The Morgan fingerprint density at radius 2 is 1.84 bits per heavy atom. The second kappa shape index (κ2) is 10.1. The van der Waals surface area contributed by atoms with Crippen LogP contribution in [0.3, 0.4) is 0 Å². The molecule has 1 rings (SSSR count). The summed E-state index contributed by atoms with van der Waals surface area (Å²) in [6.45, 7) is 6.95. The third-order valence-corrected chi connectivity index (χ3v) is 4.14. The molecule has 0 aromatic carbocycles. The molecule has 0 amide bonds. The molecule has 0 radical (unpaired) electrons. The van der Waals surface area contributed by atoms with Crippen molar-refractivity contribution in [3.8, 4) is 0 Å². The minimum absolute atomic E-state index is 0.616. The zero-order valence-electron chi connectivity index (χ0n) is 13.1. The molecule has 0 fully saturated rings. The minimum atomic E-state index is 0.616. The number of imidazole rings is 1. The van der Waals surface area contributed by atoms with E-state index in [2.05, 4.69) is 30.7 Å². The van der Waals surface area contributed by atoms with Gasteiger partial charge < -0.3 is 4.98 Å². The van der Waals surface area contributed by atoms with Crippen LogP contribution in [0.4, 0.5) is 0 Å². The largest absolute Gasteiger partial charge is 0.348 e. The molecular weight excluding hydrogens is 232 g/mol. The van der Waals surface area contributed by atoms with E-state index in [4.69, 9.17) is 0 Å². The molecule has 0 aliphatic carbocycles. The van der Waals surface area contributed by atoms with Gasteiger partial charge in [0.05, 0.1) is 0 Å². The van der Waals surface area contributed by atoms with Crippen molar-refractivity contribution in [1.82, 2.24) is 9.97 Å². The summed E-state index contributed by atoms with van der Waals surface area (Å²) in [5, 5.41) is 0. The average molecular weight is 264 g/mol. The van der Waals surface area contributed by atoms with Crippen molar-refractivity contribution in [1.29, 1.82) is 0 Å². The quantitative estimate of drug-likeness (QED) is 0.512. The first-order valence-electron chi connectivity index (χ1n) is 8.27. The molecule has 19 heavy (non-hydrogen) atoms. The van der Waals surface area contributed by atoms with Crippen LogP contribution >= 0.6 is 0 Å². The third kappa shape index (κ3) is 6.79. The number of nitrogens with zero attached hydrogens (tertiary/aromatic N) is 1. The summed E-state index contributed by atoms with van der Waals surface area (Å²) < 4.78 is 0. The zero-order chi connectivity index (χ0) is 13.9. The first kappa shape index (κ1) is 16.3. The summed E-state index contributed by atoms with van der Waals surface area (Å²) in [4.78, 5) is 7.69. The van der Waals surface area contributed by atoms with Crippen LogP contribution in [0, 0.1) is 5.92 Å². The van der Waals surface area contributed by atoms with E-state index in [9.17, 15) is 0 Å². The van der Waals surface area contributed by atoms with Crippen molar-refractivity contribution in [2.45, 2.75) is 84.5 Å². The van der Waals surface area contributed by atoms with E-state index in [-0.39, 0.29) is 0 Å². The summed E-state index contributed by atoms with van der Waals surface area (Å²) >= 11 is 0. The van der Waals surface area contributed by atoms with Crippen LogP contribution in [0.25, 0.3) is 0 Å². The van der Waals surface area contributed by atoms with Gasteiger partial charge in [-0.15, -0.1) is 0 Å². The highest BCUT2D eigenvalue weighted by Crippen LogP contribution is 2.27. The highest BCUT2D eigenvalue weighted by atomic mass is 14.9. The molecule has 2 atom stereocenters. The SMILES string of the molecule is CCCCCCCCC(C)CC(CC)c1ncc[nH]1. The van der Waals surface area contributed by atoms with Gasteiger partial charge >= 0.3 is 0 Å². The monoisotopic (exact) mass is 264 g/mol. The van der Waals surface area contributed by atoms with Crippen LogP contribution in [0.2, 0.25) is 0 Å². The smallest absolute Gasteiger partial charge is 0.109 e. The summed E-state index contributed by atoms with van der Waals surface area (Å²) in [6.07, 6.45) is 16.1. The van der Waals surface area contributed by atoms with Gasteiger partial charge in [-0.1, -0.05) is 65.7 Å². The average Bonchev–Trinajstić information content (AvgIpc) is 2.94. The molecular formula is C17H32N2. The Labute approximate surface area is 119 Å². The molecule has 0 saturated carbocycles. The number of aromatic nitrogens is 2. The maximum absolute atomic E-state index is 4.42.